The van der Waals surface area contributed by atoms with E-state index in [0.29, 0.717) is 0 Å². The number of carbonyl (C=O) groups is 1. The minimum absolute atomic E-state index is 0.170. The maximum atomic E-state index is 11.9. The van der Waals surface area contributed by atoms with Gasteiger partial charge in [0, 0.05) is 9.37 Å². The zero-order chi connectivity index (χ0) is 10.5. The molecule has 1 aromatic rings. The van der Waals surface area contributed by atoms with E-state index in [-0.39, 0.29) is 10.7 Å². The van der Waals surface area contributed by atoms with Crippen LogP contribution >= 0.6 is 27.7 Å². The van der Waals surface area contributed by atoms with Crippen LogP contribution in [-0.4, -0.2) is 10.7 Å². The number of amides is 1. The Labute approximate surface area is 101 Å². The van der Waals surface area contributed by atoms with Crippen molar-refractivity contribution in [2.45, 2.75) is 28.9 Å². The van der Waals surface area contributed by atoms with Gasteiger partial charge in [-0.25, -0.2) is 0 Å². The predicted octanol–water partition coefficient (Wildman–Crippen LogP) is 3.42. The molecule has 0 bridgehead atoms. The van der Waals surface area contributed by atoms with Crippen molar-refractivity contribution in [3.8, 4) is 0 Å². The van der Waals surface area contributed by atoms with Gasteiger partial charge in [0.05, 0.1) is 10.4 Å². The highest BCUT2D eigenvalue weighted by Gasteiger charge is 2.48. The Hall–Kier alpha value is -0.480. The number of carbonyl (C=O) groups excluding carboxylic acids is 1. The average Bonchev–Trinajstić information content (AvgIpc) is 2.15. The molecular weight excluding hydrogens is 274 g/mol. The molecule has 4 heteroatoms. The Morgan fingerprint density at radius 1 is 1.40 bits per heavy atom. The third-order valence-corrected chi connectivity index (χ3v) is 5.64. The average molecular weight is 284 g/mol. The molecule has 0 radical (unpaired) electrons. The highest BCUT2D eigenvalue weighted by Crippen LogP contribution is 2.54. The van der Waals surface area contributed by atoms with E-state index in [0.717, 1.165) is 23.0 Å². The highest BCUT2D eigenvalue weighted by atomic mass is 79.9. The summed E-state index contributed by atoms with van der Waals surface area (Å²) in [4.78, 5) is 13.1. The minimum atomic E-state index is -0.170. The molecule has 2 nitrogen and oxygen atoms in total. The molecule has 1 aliphatic heterocycles. The van der Waals surface area contributed by atoms with Crippen molar-refractivity contribution >= 4 is 39.3 Å². The molecule has 0 unspecified atom stereocenters. The van der Waals surface area contributed by atoms with E-state index in [1.54, 1.807) is 11.8 Å². The van der Waals surface area contributed by atoms with Gasteiger partial charge in [0.25, 0.3) is 0 Å². The monoisotopic (exact) mass is 283 g/mol. The molecule has 1 heterocycles. The Morgan fingerprint density at radius 2 is 2.20 bits per heavy atom. The Morgan fingerprint density at radius 3 is 2.87 bits per heavy atom. The summed E-state index contributed by atoms with van der Waals surface area (Å²) < 4.78 is 0.910. The van der Waals surface area contributed by atoms with Gasteiger partial charge in [-0.1, -0.05) is 6.07 Å². The number of benzene rings is 1. The Bertz CT molecular complexity index is 442. The molecule has 0 saturated heterocycles. The molecule has 15 heavy (non-hydrogen) atoms. The summed E-state index contributed by atoms with van der Waals surface area (Å²) in [5.74, 6) is 0.185. The van der Waals surface area contributed by atoms with E-state index in [9.17, 15) is 4.79 Å². The summed E-state index contributed by atoms with van der Waals surface area (Å²) >= 11 is 5.26. The maximum Gasteiger partial charge on any atom is 0.241 e. The number of nitrogens with one attached hydrogen (secondary N) is 1. The van der Waals surface area contributed by atoms with Crippen molar-refractivity contribution in [2.75, 3.05) is 5.32 Å². The van der Waals surface area contributed by atoms with Crippen LogP contribution in [-0.2, 0) is 4.79 Å². The number of rotatable bonds is 0. The molecule has 1 saturated carbocycles. The Balaban J connectivity index is 2.07. The van der Waals surface area contributed by atoms with Crippen LogP contribution in [0.5, 0.6) is 0 Å². The minimum Gasteiger partial charge on any atom is -0.324 e. The van der Waals surface area contributed by atoms with Crippen molar-refractivity contribution in [3.05, 3.63) is 22.7 Å². The second-order valence-electron chi connectivity index (χ2n) is 4.02. The third kappa shape index (κ3) is 1.35. The normalized spacial score (nSPS) is 21.8. The van der Waals surface area contributed by atoms with Gasteiger partial charge in [0.1, 0.15) is 0 Å². The van der Waals surface area contributed by atoms with Gasteiger partial charge in [0.2, 0.25) is 5.91 Å². The number of halogens is 1. The summed E-state index contributed by atoms with van der Waals surface area (Å²) in [6.45, 7) is 0. The summed E-state index contributed by atoms with van der Waals surface area (Å²) in [5, 5.41) is 3.00. The van der Waals surface area contributed by atoms with Crippen molar-refractivity contribution < 1.29 is 4.79 Å². The molecule has 3 rings (SSSR count). The SMILES string of the molecule is O=C1Nc2cccc(Br)c2SC12CCC2. The maximum absolute atomic E-state index is 11.9. The molecule has 2 aliphatic rings. The zero-order valence-electron chi connectivity index (χ0n) is 8.05. The van der Waals surface area contributed by atoms with E-state index < -0.39 is 0 Å². The highest BCUT2D eigenvalue weighted by molar-refractivity contribution is 9.10. The fraction of sp³-hybridized carbons (Fsp3) is 0.364. The van der Waals surface area contributed by atoms with Crippen LogP contribution < -0.4 is 5.32 Å². The summed E-state index contributed by atoms with van der Waals surface area (Å²) in [6.07, 6.45) is 3.18. The fourth-order valence-corrected chi connectivity index (χ4v) is 4.05. The van der Waals surface area contributed by atoms with Crippen molar-refractivity contribution in [3.63, 3.8) is 0 Å². The molecule has 1 aromatic carbocycles. The summed E-state index contributed by atoms with van der Waals surface area (Å²) in [5.41, 5.74) is 0.942. The molecule has 1 fully saturated rings. The van der Waals surface area contributed by atoms with E-state index in [1.807, 2.05) is 18.2 Å². The first-order valence-electron chi connectivity index (χ1n) is 5.00. The van der Waals surface area contributed by atoms with E-state index >= 15 is 0 Å². The van der Waals surface area contributed by atoms with Gasteiger partial charge in [-0.15, -0.1) is 11.8 Å². The molecule has 78 valence electrons. The molecule has 0 aromatic heterocycles. The van der Waals surface area contributed by atoms with Crippen LogP contribution in [0, 0.1) is 0 Å². The second-order valence-corrected chi connectivity index (χ2v) is 6.27. The van der Waals surface area contributed by atoms with Crippen molar-refractivity contribution in [2.24, 2.45) is 0 Å². The zero-order valence-corrected chi connectivity index (χ0v) is 10.5. The molecule has 1 N–H and O–H groups in total. The molecule has 0 atom stereocenters. The smallest absolute Gasteiger partial charge is 0.241 e. The second kappa shape index (κ2) is 3.25. The first kappa shape index (κ1) is 9.73. The van der Waals surface area contributed by atoms with E-state index in [1.165, 1.54) is 11.3 Å². The third-order valence-electron chi connectivity index (χ3n) is 3.09. The van der Waals surface area contributed by atoms with E-state index in [2.05, 4.69) is 21.2 Å². The topological polar surface area (TPSA) is 29.1 Å². The van der Waals surface area contributed by atoms with Gasteiger partial charge in [-0.2, -0.15) is 0 Å². The lowest BCUT2D eigenvalue weighted by Gasteiger charge is -2.42. The number of hydrogen-bond acceptors (Lipinski definition) is 2. The van der Waals surface area contributed by atoms with Crippen LogP contribution in [0.4, 0.5) is 5.69 Å². The van der Waals surface area contributed by atoms with Crippen molar-refractivity contribution in [1.29, 1.82) is 0 Å². The molecular formula is C11H10BrNOS. The first-order chi connectivity index (χ1) is 7.21. The number of hydrogen-bond donors (Lipinski definition) is 1. The lowest BCUT2D eigenvalue weighted by atomic mass is 9.83. The number of anilines is 1. The Kier molecular flexibility index (Phi) is 2.11. The van der Waals surface area contributed by atoms with Gasteiger partial charge >= 0.3 is 0 Å². The lowest BCUT2D eigenvalue weighted by molar-refractivity contribution is -0.120. The quantitative estimate of drug-likeness (QED) is 0.791. The summed E-state index contributed by atoms with van der Waals surface area (Å²) in [7, 11) is 0. The van der Waals surface area contributed by atoms with Crippen molar-refractivity contribution in [1.82, 2.24) is 0 Å². The molecule has 1 aliphatic carbocycles. The molecule has 1 amide bonds. The van der Waals surface area contributed by atoms with Gasteiger partial charge in [-0.3, -0.25) is 4.79 Å². The summed E-state index contributed by atoms with van der Waals surface area (Å²) in [6, 6.07) is 5.93. The predicted molar refractivity (Wildman–Crippen MR) is 65.2 cm³/mol. The number of fused-ring (bicyclic) bond motifs is 1. The van der Waals surface area contributed by atoms with Crippen LogP contribution in [0.15, 0.2) is 27.6 Å². The van der Waals surface area contributed by atoms with Crippen LogP contribution in [0.3, 0.4) is 0 Å². The van der Waals surface area contributed by atoms with Crippen LogP contribution in [0.2, 0.25) is 0 Å². The first-order valence-corrected chi connectivity index (χ1v) is 6.61. The van der Waals surface area contributed by atoms with E-state index in [4.69, 9.17) is 0 Å². The standard InChI is InChI=1S/C11H10BrNOS/c12-7-3-1-4-8-9(7)15-11(5-2-6-11)10(14)13-8/h1,3-4H,2,5-6H2,(H,13,14). The lowest BCUT2D eigenvalue weighted by Crippen LogP contribution is -2.47. The van der Waals surface area contributed by atoms with Gasteiger partial charge < -0.3 is 5.32 Å². The fourth-order valence-electron chi connectivity index (χ4n) is 2.02. The van der Waals surface area contributed by atoms with Crippen LogP contribution in [0.1, 0.15) is 19.3 Å². The number of thioether (sulfide) groups is 1. The molecule has 1 spiro atoms. The van der Waals surface area contributed by atoms with Gasteiger partial charge in [0.15, 0.2) is 0 Å². The van der Waals surface area contributed by atoms with Gasteiger partial charge in [-0.05, 0) is 47.3 Å². The largest absolute Gasteiger partial charge is 0.324 e. The van der Waals surface area contributed by atoms with Crippen LogP contribution in [0.25, 0.3) is 0 Å².